The third-order valence-corrected chi connectivity index (χ3v) is 12.3. The molecule has 2 unspecified atom stereocenters. The second kappa shape index (κ2) is 11.9. The smallest absolute Gasteiger partial charge is 0.338 e. The first kappa shape index (κ1) is 30.8. The summed E-state index contributed by atoms with van der Waals surface area (Å²) in [5, 5.41) is 10.7. The number of thiazole rings is 1. The molecule has 0 amide bonds. The summed E-state index contributed by atoms with van der Waals surface area (Å²) in [4.78, 5) is 15.6. The van der Waals surface area contributed by atoms with Crippen LogP contribution in [0.25, 0.3) is 21.7 Å². The van der Waals surface area contributed by atoms with Gasteiger partial charge in [-0.1, -0.05) is 65.8 Å². The monoisotopic (exact) mass is 748 g/mol. The maximum Gasteiger partial charge on any atom is 0.338 e. The first-order chi connectivity index (χ1) is 21.0. The number of ether oxygens (including phenoxy) is 2. The molecule has 8 nitrogen and oxygen atoms in total. The molecule has 230 valence electrons. The van der Waals surface area contributed by atoms with E-state index in [0.29, 0.717) is 16.3 Å². The van der Waals surface area contributed by atoms with Crippen molar-refractivity contribution in [1.29, 1.82) is 0 Å². The third-order valence-electron chi connectivity index (χ3n) is 8.56. The van der Waals surface area contributed by atoms with Crippen LogP contribution in [0.4, 0.5) is 10.1 Å². The fourth-order valence-electron chi connectivity index (χ4n) is 6.46. The Labute approximate surface area is 272 Å². The van der Waals surface area contributed by atoms with E-state index in [1.165, 1.54) is 50.2 Å². The minimum Gasteiger partial charge on any atom is -0.496 e. The number of carboxylic acid groups (broad SMARTS) is 1. The van der Waals surface area contributed by atoms with Gasteiger partial charge in [0, 0.05) is 14.9 Å². The van der Waals surface area contributed by atoms with Crippen LogP contribution in [0.5, 0.6) is 11.5 Å². The van der Waals surface area contributed by atoms with Crippen LogP contribution in [-0.4, -0.2) is 38.7 Å². The molecule has 1 aromatic heterocycles. The zero-order valence-electron chi connectivity index (χ0n) is 24.0. The molecule has 6 rings (SSSR count). The molecule has 0 radical (unpaired) electrons. The summed E-state index contributed by atoms with van der Waals surface area (Å²) in [6.07, 6.45) is 6.59. The molecule has 2 fully saturated rings. The van der Waals surface area contributed by atoms with Crippen molar-refractivity contribution in [3.05, 3.63) is 76.9 Å². The highest BCUT2D eigenvalue weighted by Gasteiger charge is 2.43. The number of nitrogens with zero attached hydrogens (tertiary/aromatic N) is 1. The Morgan fingerprint density at radius 2 is 1.68 bits per heavy atom. The topological polar surface area (TPSA) is 115 Å². The zero-order valence-corrected chi connectivity index (χ0v) is 27.8. The van der Waals surface area contributed by atoms with Gasteiger partial charge in [0.25, 0.3) is 10.0 Å². The van der Waals surface area contributed by atoms with Crippen LogP contribution in [0.15, 0.2) is 65.0 Å². The van der Waals surface area contributed by atoms with Crippen molar-refractivity contribution in [2.75, 3.05) is 18.9 Å². The number of alkyl halides is 1. The molecule has 2 saturated carbocycles. The Morgan fingerprint density at radius 3 is 2.32 bits per heavy atom. The SMILES string of the molecule is COc1cc(C(=O)O)c(F)cc1NS(=O)(=O)c1csc(-c2ccc(-c3ccc(C4(I)CC5CCC(C5)C4)cc3)cc2OC)n1. The van der Waals surface area contributed by atoms with E-state index >= 15 is 0 Å². The number of hydrogen-bond donors (Lipinski definition) is 2. The average Bonchev–Trinajstić information content (AvgIpc) is 3.64. The number of carboxylic acids is 1. The van der Waals surface area contributed by atoms with Crippen LogP contribution in [0.3, 0.4) is 0 Å². The number of aromatic carboxylic acids is 1. The molecule has 3 aromatic carbocycles. The largest absolute Gasteiger partial charge is 0.496 e. The highest BCUT2D eigenvalue weighted by Crippen LogP contribution is 2.55. The van der Waals surface area contributed by atoms with Crippen molar-refractivity contribution < 1.29 is 32.2 Å². The summed E-state index contributed by atoms with van der Waals surface area (Å²) in [5.41, 5.74) is 3.13. The summed E-state index contributed by atoms with van der Waals surface area (Å²) in [7, 11) is -1.48. The fraction of sp³-hybridized carbons (Fsp3) is 0.312. The molecule has 12 heteroatoms. The molecule has 2 aliphatic rings. The number of nitrogens with one attached hydrogen (secondary N) is 1. The zero-order chi connectivity index (χ0) is 31.2. The Bertz CT molecular complexity index is 1830. The molecule has 2 aliphatic carbocycles. The lowest BCUT2D eigenvalue weighted by atomic mass is 9.77. The van der Waals surface area contributed by atoms with Crippen molar-refractivity contribution in [2.45, 2.75) is 40.6 Å². The van der Waals surface area contributed by atoms with E-state index in [9.17, 15) is 17.6 Å². The van der Waals surface area contributed by atoms with Gasteiger partial charge in [0.1, 0.15) is 22.3 Å². The number of halogens is 2. The van der Waals surface area contributed by atoms with Gasteiger partial charge < -0.3 is 14.6 Å². The van der Waals surface area contributed by atoms with Gasteiger partial charge in [-0.05, 0) is 66.0 Å². The fourth-order valence-corrected chi connectivity index (χ4v) is 10.3. The second-order valence-corrected chi connectivity index (χ2v) is 15.9. The number of anilines is 1. The summed E-state index contributed by atoms with van der Waals surface area (Å²) in [6, 6.07) is 16.2. The highest BCUT2D eigenvalue weighted by molar-refractivity contribution is 14.1. The number of carbonyl (C=O) groups is 1. The van der Waals surface area contributed by atoms with Crippen molar-refractivity contribution in [2.24, 2.45) is 11.8 Å². The number of benzene rings is 3. The van der Waals surface area contributed by atoms with E-state index in [1.807, 2.05) is 18.2 Å². The Morgan fingerprint density at radius 1 is 1.02 bits per heavy atom. The number of methoxy groups -OCH3 is 2. The number of hydrogen-bond acceptors (Lipinski definition) is 7. The molecule has 2 atom stereocenters. The first-order valence-corrected chi connectivity index (χ1v) is 17.5. The summed E-state index contributed by atoms with van der Waals surface area (Å²) in [5.74, 6) is -0.529. The Kier molecular flexibility index (Phi) is 8.35. The quantitative estimate of drug-likeness (QED) is 0.132. The number of fused-ring (bicyclic) bond motifs is 2. The van der Waals surface area contributed by atoms with Crippen molar-refractivity contribution in [1.82, 2.24) is 4.98 Å². The van der Waals surface area contributed by atoms with Crippen molar-refractivity contribution in [3.63, 3.8) is 0 Å². The maximum atomic E-state index is 14.3. The molecule has 1 heterocycles. The van der Waals surface area contributed by atoms with Gasteiger partial charge >= 0.3 is 5.97 Å². The Hall–Kier alpha value is -3.23. The van der Waals surface area contributed by atoms with Crippen LogP contribution < -0.4 is 14.2 Å². The van der Waals surface area contributed by atoms with E-state index in [-0.39, 0.29) is 19.9 Å². The van der Waals surface area contributed by atoms with Gasteiger partial charge in [0.05, 0.1) is 31.0 Å². The Balaban J connectivity index is 1.23. The van der Waals surface area contributed by atoms with E-state index in [0.717, 1.165) is 46.4 Å². The van der Waals surface area contributed by atoms with E-state index in [4.69, 9.17) is 14.6 Å². The normalized spacial score (nSPS) is 21.2. The molecule has 44 heavy (non-hydrogen) atoms. The van der Waals surface area contributed by atoms with Crippen molar-refractivity contribution >= 4 is 55.6 Å². The van der Waals surface area contributed by atoms with Gasteiger partial charge in [-0.2, -0.15) is 8.42 Å². The van der Waals surface area contributed by atoms with Gasteiger partial charge in [-0.25, -0.2) is 14.2 Å². The predicted octanol–water partition coefficient (Wildman–Crippen LogP) is 7.97. The highest BCUT2D eigenvalue weighted by atomic mass is 127. The summed E-state index contributed by atoms with van der Waals surface area (Å²) in [6.45, 7) is 0. The summed E-state index contributed by atoms with van der Waals surface area (Å²) >= 11 is 3.80. The van der Waals surface area contributed by atoms with E-state index in [2.05, 4.69) is 56.6 Å². The van der Waals surface area contributed by atoms with Crippen LogP contribution in [-0.2, 0) is 13.4 Å². The number of aromatic nitrogens is 1. The van der Waals surface area contributed by atoms with Crippen LogP contribution in [0, 0.1) is 17.7 Å². The number of sulfonamides is 1. The van der Waals surface area contributed by atoms with Gasteiger partial charge in [-0.3, -0.25) is 4.72 Å². The third kappa shape index (κ3) is 5.91. The molecular formula is C32H30FIN2O6S2. The average molecular weight is 749 g/mol. The molecule has 2 N–H and O–H groups in total. The number of rotatable bonds is 9. The van der Waals surface area contributed by atoms with Gasteiger partial charge in [-0.15, -0.1) is 11.3 Å². The lowest BCUT2D eigenvalue weighted by Gasteiger charge is -2.36. The van der Waals surface area contributed by atoms with Crippen molar-refractivity contribution in [3.8, 4) is 33.2 Å². The van der Waals surface area contributed by atoms with Crippen LogP contribution in [0.1, 0.15) is 48.0 Å². The minimum atomic E-state index is -4.26. The molecule has 4 aromatic rings. The lowest BCUT2D eigenvalue weighted by molar-refractivity contribution is 0.0691. The molecule has 2 bridgehead atoms. The minimum absolute atomic E-state index is 0.146. The van der Waals surface area contributed by atoms with Crippen LogP contribution >= 0.6 is 33.9 Å². The lowest BCUT2D eigenvalue weighted by Crippen LogP contribution is -2.27. The maximum absolute atomic E-state index is 14.3. The van der Waals surface area contributed by atoms with E-state index < -0.39 is 27.4 Å². The molecule has 0 saturated heterocycles. The second-order valence-electron chi connectivity index (χ2n) is 11.3. The van der Waals surface area contributed by atoms with Crippen LogP contribution in [0.2, 0.25) is 0 Å². The van der Waals surface area contributed by atoms with Gasteiger partial charge in [0.15, 0.2) is 5.03 Å². The molecule has 0 aliphatic heterocycles. The predicted molar refractivity (Wildman–Crippen MR) is 176 cm³/mol. The summed E-state index contributed by atoms with van der Waals surface area (Å²) < 4.78 is 53.8. The van der Waals surface area contributed by atoms with E-state index in [1.54, 1.807) is 7.11 Å². The first-order valence-electron chi connectivity index (χ1n) is 14.1. The standard InChI is InChI=1S/C32H30FIN2O6S2/c1-41-27-12-21(20-5-8-22(9-6-20)32(34)15-18-3-4-19(11-18)16-32)7-10-23(27)30-35-29(17-43-30)44(39,40)36-26-14-25(33)24(31(37)38)13-28(26)42-2/h5-10,12-14,17-19,36H,3-4,11,15-16H2,1-2H3,(H,37,38). The molecule has 0 spiro atoms. The molecular weight excluding hydrogens is 718 g/mol. The van der Waals surface area contributed by atoms with Gasteiger partial charge in [0.2, 0.25) is 0 Å².